The van der Waals surface area contributed by atoms with E-state index in [1.54, 1.807) is 11.3 Å². The van der Waals surface area contributed by atoms with E-state index in [0.29, 0.717) is 12.6 Å². The summed E-state index contributed by atoms with van der Waals surface area (Å²) < 4.78 is 0. The van der Waals surface area contributed by atoms with Crippen molar-refractivity contribution in [2.45, 2.75) is 59.0 Å². The monoisotopic (exact) mass is 296 g/mol. The van der Waals surface area contributed by atoms with Gasteiger partial charge in [0.25, 0.3) is 0 Å². The summed E-state index contributed by atoms with van der Waals surface area (Å²) >= 11 is 1.69. The van der Waals surface area contributed by atoms with Crippen molar-refractivity contribution in [2.24, 2.45) is 0 Å². The van der Waals surface area contributed by atoms with Gasteiger partial charge in [0, 0.05) is 10.9 Å². The first-order chi connectivity index (χ1) is 9.54. The smallest absolute Gasteiger partial charge is 0.234 e. The Morgan fingerprint density at radius 2 is 2.10 bits per heavy atom. The molecule has 0 aromatic carbocycles. The summed E-state index contributed by atoms with van der Waals surface area (Å²) in [6.45, 7) is 10.1. The molecule has 1 heterocycles. The first kappa shape index (κ1) is 17.2. The van der Waals surface area contributed by atoms with E-state index in [1.165, 1.54) is 24.1 Å². The molecule has 0 aliphatic heterocycles. The van der Waals surface area contributed by atoms with Gasteiger partial charge < -0.3 is 5.32 Å². The fourth-order valence-corrected chi connectivity index (χ4v) is 2.90. The number of nitrogens with one attached hydrogen (secondary N) is 1. The van der Waals surface area contributed by atoms with Gasteiger partial charge in [-0.1, -0.05) is 25.8 Å². The van der Waals surface area contributed by atoms with Gasteiger partial charge in [0.05, 0.1) is 12.6 Å². The van der Waals surface area contributed by atoms with Gasteiger partial charge in [0.2, 0.25) is 5.91 Å². The maximum Gasteiger partial charge on any atom is 0.234 e. The Morgan fingerprint density at radius 1 is 1.35 bits per heavy atom. The minimum absolute atomic E-state index is 0.104. The fraction of sp³-hybridized carbons (Fsp3) is 0.688. The number of nitrogens with zero attached hydrogens (tertiary/aromatic N) is 1. The molecule has 0 radical (unpaired) electrons. The summed E-state index contributed by atoms with van der Waals surface area (Å²) in [5.41, 5.74) is 0. The third-order valence-electron chi connectivity index (χ3n) is 3.47. The number of carbonyl (C=O) groups excluding carboxylic acids is 1. The molecule has 3 nitrogen and oxygen atoms in total. The summed E-state index contributed by atoms with van der Waals surface area (Å²) in [5.74, 6) is 0.121. The zero-order valence-electron chi connectivity index (χ0n) is 13.2. The van der Waals surface area contributed by atoms with E-state index in [-0.39, 0.29) is 11.9 Å². The Kier molecular flexibility index (Phi) is 7.85. The molecule has 0 aliphatic rings. The Balaban J connectivity index is 2.41. The van der Waals surface area contributed by atoms with Gasteiger partial charge in [-0.25, -0.2) is 0 Å². The van der Waals surface area contributed by atoms with Crippen molar-refractivity contribution in [2.75, 3.05) is 13.1 Å². The van der Waals surface area contributed by atoms with Crippen LogP contribution in [-0.2, 0) is 4.79 Å². The lowest BCUT2D eigenvalue weighted by molar-refractivity contribution is -0.123. The number of rotatable bonds is 9. The van der Waals surface area contributed by atoms with E-state index in [4.69, 9.17) is 0 Å². The van der Waals surface area contributed by atoms with Crippen LogP contribution in [0.3, 0.4) is 0 Å². The maximum absolute atomic E-state index is 12.1. The maximum atomic E-state index is 12.1. The molecule has 114 valence electrons. The summed E-state index contributed by atoms with van der Waals surface area (Å²) in [4.78, 5) is 15.6. The largest absolute Gasteiger partial charge is 0.348 e. The standard InChI is InChI=1S/C16H28N2OS/c1-5-6-7-10-18(13(2)3)12-16(19)17-14(4)15-9-8-11-20-15/h8-9,11,13-14H,5-7,10,12H2,1-4H3,(H,17,19). The molecule has 1 rings (SSSR count). The highest BCUT2D eigenvalue weighted by Crippen LogP contribution is 2.17. The van der Waals surface area contributed by atoms with Gasteiger partial charge in [-0.3, -0.25) is 9.69 Å². The lowest BCUT2D eigenvalue weighted by Crippen LogP contribution is -2.41. The van der Waals surface area contributed by atoms with Crippen LogP contribution in [0.4, 0.5) is 0 Å². The van der Waals surface area contributed by atoms with Gasteiger partial charge in [0.15, 0.2) is 0 Å². The second-order valence-electron chi connectivity index (χ2n) is 5.58. The molecule has 0 saturated heterocycles. The van der Waals surface area contributed by atoms with Crippen molar-refractivity contribution in [3.63, 3.8) is 0 Å². The van der Waals surface area contributed by atoms with Crippen LogP contribution in [0.2, 0.25) is 0 Å². The first-order valence-electron chi connectivity index (χ1n) is 7.61. The van der Waals surface area contributed by atoms with Gasteiger partial charge in [0.1, 0.15) is 0 Å². The number of hydrogen-bond donors (Lipinski definition) is 1. The molecule has 1 amide bonds. The normalized spacial score (nSPS) is 12.9. The van der Waals surface area contributed by atoms with E-state index in [0.717, 1.165) is 6.54 Å². The Bertz CT molecular complexity index is 376. The minimum atomic E-state index is 0.104. The molecule has 20 heavy (non-hydrogen) atoms. The highest BCUT2D eigenvalue weighted by molar-refractivity contribution is 7.10. The van der Waals surface area contributed by atoms with E-state index >= 15 is 0 Å². The van der Waals surface area contributed by atoms with Crippen molar-refractivity contribution >= 4 is 17.2 Å². The predicted molar refractivity (Wildman–Crippen MR) is 87.1 cm³/mol. The molecule has 0 bridgehead atoms. The second kappa shape index (κ2) is 9.14. The Hall–Kier alpha value is -0.870. The fourth-order valence-electron chi connectivity index (χ4n) is 2.17. The van der Waals surface area contributed by atoms with E-state index in [2.05, 4.69) is 37.1 Å². The summed E-state index contributed by atoms with van der Waals surface area (Å²) in [5, 5.41) is 5.13. The van der Waals surface area contributed by atoms with Gasteiger partial charge in [-0.15, -0.1) is 11.3 Å². The van der Waals surface area contributed by atoms with E-state index < -0.39 is 0 Å². The molecule has 0 aliphatic carbocycles. The molecule has 1 atom stereocenters. The number of carbonyl (C=O) groups is 1. The van der Waals surface area contributed by atoms with Crippen LogP contribution in [0.5, 0.6) is 0 Å². The zero-order valence-corrected chi connectivity index (χ0v) is 14.0. The molecular weight excluding hydrogens is 268 g/mol. The van der Waals surface area contributed by atoms with Crippen molar-refractivity contribution in [1.29, 1.82) is 0 Å². The molecule has 0 saturated carbocycles. The van der Waals surface area contributed by atoms with Gasteiger partial charge in [-0.05, 0) is 45.2 Å². The van der Waals surface area contributed by atoms with E-state index in [9.17, 15) is 4.79 Å². The molecule has 1 N–H and O–H groups in total. The lowest BCUT2D eigenvalue weighted by Gasteiger charge is -2.26. The average Bonchev–Trinajstić information content (AvgIpc) is 2.91. The quantitative estimate of drug-likeness (QED) is 0.702. The van der Waals surface area contributed by atoms with E-state index in [1.807, 2.05) is 18.4 Å². The van der Waals surface area contributed by atoms with Crippen molar-refractivity contribution in [3.05, 3.63) is 22.4 Å². The Labute approximate surface area is 127 Å². The van der Waals surface area contributed by atoms with Crippen LogP contribution in [0.1, 0.15) is 57.9 Å². The van der Waals surface area contributed by atoms with Crippen LogP contribution in [0.15, 0.2) is 17.5 Å². The minimum Gasteiger partial charge on any atom is -0.348 e. The predicted octanol–water partition coefficient (Wildman–Crippen LogP) is 3.83. The molecule has 0 spiro atoms. The van der Waals surface area contributed by atoms with Crippen molar-refractivity contribution in [3.8, 4) is 0 Å². The van der Waals surface area contributed by atoms with Crippen molar-refractivity contribution < 1.29 is 4.79 Å². The molecule has 0 fully saturated rings. The summed E-state index contributed by atoms with van der Waals surface area (Å²) in [6, 6.07) is 4.60. The molecule has 4 heteroatoms. The third kappa shape index (κ3) is 6.06. The average molecular weight is 296 g/mol. The highest BCUT2D eigenvalue weighted by Gasteiger charge is 2.16. The summed E-state index contributed by atoms with van der Waals surface area (Å²) in [6.07, 6.45) is 3.62. The molecule has 1 aromatic heterocycles. The third-order valence-corrected chi connectivity index (χ3v) is 4.53. The van der Waals surface area contributed by atoms with Gasteiger partial charge >= 0.3 is 0 Å². The van der Waals surface area contributed by atoms with Crippen molar-refractivity contribution in [1.82, 2.24) is 10.2 Å². The van der Waals surface area contributed by atoms with Crippen LogP contribution in [0.25, 0.3) is 0 Å². The van der Waals surface area contributed by atoms with Crippen LogP contribution in [0, 0.1) is 0 Å². The Morgan fingerprint density at radius 3 is 2.65 bits per heavy atom. The number of unbranched alkanes of at least 4 members (excludes halogenated alkanes) is 2. The highest BCUT2D eigenvalue weighted by atomic mass is 32.1. The van der Waals surface area contributed by atoms with Crippen LogP contribution >= 0.6 is 11.3 Å². The number of thiophene rings is 1. The van der Waals surface area contributed by atoms with Crippen LogP contribution < -0.4 is 5.32 Å². The molecule has 1 unspecified atom stereocenters. The van der Waals surface area contributed by atoms with Gasteiger partial charge in [-0.2, -0.15) is 0 Å². The zero-order chi connectivity index (χ0) is 15.0. The number of amides is 1. The molecule has 1 aromatic rings. The van der Waals surface area contributed by atoms with Crippen LogP contribution in [-0.4, -0.2) is 29.9 Å². The SMILES string of the molecule is CCCCCN(CC(=O)NC(C)c1cccs1)C(C)C. The second-order valence-corrected chi connectivity index (χ2v) is 6.56. The lowest BCUT2D eigenvalue weighted by atomic mass is 10.2. The topological polar surface area (TPSA) is 32.3 Å². The first-order valence-corrected chi connectivity index (χ1v) is 8.49. The summed E-state index contributed by atoms with van der Waals surface area (Å²) in [7, 11) is 0. The number of hydrogen-bond acceptors (Lipinski definition) is 3. The molecular formula is C16H28N2OS.